The van der Waals surface area contributed by atoms with Crippen LogP contribution in [0.3, 0.4) is 0 Å². The van der Waals surface area contributed by atoms with Crippen LogP contribution in [0.15, 0.2) is 30.3 Å². The SMILES string of the molecule is CC(OCC(F)(F)F)C(=O)Nc1cc(C(C)(C)C)nn1-c1ccc(F)cc1. The molecule has 0 saturated heterocycles. The molecule has 0 saturated carbocycles. The number of benzene rings is 1. The first-order valence-corrected chi connectivity index (χ1v) is 8.22. The number of ether oxygens (including phenoxy) is 1. The molecule has 0 radical (unpaired) electrons. The van der Waals surface area contributed by atoms with Gasteiger partial charge in [-0.25, -0.2) is 9.07 Å². The minimum atomic E-state index is -4.52. The number of hydrogen-bond donors (Lipinski definition) is 1. The van der Waals surface area contributed by atoms with E-state index in [2.05, 4.69) is 15.2 Å². The third-order valence-electron chi connectivity index (χ3n) is 3.67. The van der Waals surface area contributed by atoms with Gasteiger partial charge >= 0.3 is 6.18 Å². The highest BCUT2D eigenvalue weighted by molar-refractivity contribution is 5.93. The summed E-state index contributed by atoms with van der Waals surface area (Å²) < 4.78 is 55.9. The van der Waals surface area contributed by atoms with E-state index in [0.29, 0.717) is 11.4 Å². The molecule has 27 heavy (non-hydrogen) atoms. The van der Waals surface area contributed by atoms with E-state index >= 15 is 0 Å². The number of halogens is 4. The number of nitrogens with zero attached hydrogens (tertiary/aromatic N) is 2. The van der Waals surface area contributed by atoms with Gasteiger partial charge in [0.1, 0.15) is 24.3 Å². The van der Waals surface area contributed by atoms with Gasteiger partial charge in [-0.15, -0.1) is 0 Å². The number of rotatable bonds is 5. The minimum absolute atomic E-state index is 0.249. The van der Waals surface area contributed by atoms with E-state index in [-0.39, 0.29) is 11.2 Å². The molecule has 0 spiro atoms. The van der Waals surface area contributed by atoms with E-state index in [1.807, 2.05) is 20.8 Å². The lowest BCUT2D eigenvalue weighted by molar-refractivity contribution is -0.184. The summed E-state index contributed by atoms with van der Waals surface area (Å²) in [5.74, 6) is -0.927. The van der Waals surface area contributed by atoms with Gasteiger partial charge in [-0.2, -0.15) is 18.3 Å². The molecule has 1 atom stereocenters. The Kier molecular flexibility index (Phi) is 5.94. The molecule has 0 aliphatic rings. The third-order valence-corrected chi connectivity index (χ3v) is 3.67. The second kappa shape index (κ2) is 7.67. The van der Waals surface area contributed by atoms with Crippen molar-refractivity contribution in [2.45, 2.75) is 45.4 Å². The van der Waals surface area contributed by atoms with E-state index in [1.165, 1.54) is 35.9 Å². The fourth-order valence-electron chi connectivity index (χ4n) is 2.14. The summed E-state index contributed by atoms with van der Waals surface area (Å²) in [7, 11) is 0. The van der Waals surface area contributed by atoms with Gasteiger partial charge in [0.25, 0.3) is 5.91 Å². The molecule has 0 aliphatic heterocycles. The summed E-state index contributed by atoms with van der Waals surface area (Å²) in [4.78, 5) is 12.2. The quantitative estimate of drug-likeness (QED) is 0.782. The van der Waals surface area contributed by atoms with Gasteiger partial charge in [0.05, 0.1) is 11.4 Å². The Hall–Kier alpha value is -2.42. The summed E-state index contributed by atoms with van der Waals surface area (Å²) in [6.45, 7) is 5.47. The highest BCUT2D eigenvalue weighted by atomic mass is 19.4. The zero-order chi connectivity index (χ0) is 20.4. The van der Waals surface area contributed by atoms with Crippen LogP contribution in [0.2, 0.25) is 0 Å². The predicted octanol–water partition coefficient (Wildman–Crippen LogP) is 4.21. The maximum Gasteiger partial charge on any atom is 0.411 e. The van der Waals surface area contributed by atoms with Crippen molar-refractivity contribution in [3.8, 4) is 5.69 Å². The molecule has 148 valence electrons. The van der Waals surface area contributed by atoms with E-state index in [0.717, 1.165) is 0 Å². The van der Waals surface area contributed by atoms with Gasteiger partial charge in [-0.1, -0.05) is 20.8 Å². The van der Waals surface area contributed by atoms with Gasteiger partial charge in [0.15, 0.2) is 0 Å². The molecule has 0 aliphatic carbocycles. The van der Waals surface area contributed by atoms with Crippen molar-refractivity contribution in [3.63, 3.8) is 0 Å². The van der Waals surface area contributed by atoms with Gasteiger partial charge in [0.2, 0.25) is 0 Å². The molecule has 1 amide bonds. The number of hydrogen-bond acceptors (Lipinski definition) is 3. The molecule has 1 unspecified atom stereocenters. The molecule has 9 heteroatoms. The Morgan fingerprint density at radius 3 is 2.33 bits per heavy atom. The van der Waals surface area contributed by atoms with E-state index in [9.17, 15) is 22.4 Å². The zero-order valence-corrected chi connectivity index (χ0v) is 15.4. The van der Waals surface area contributed by atoms with Crippen LogP contribution in [0, 0.1) is 5.82 Å². The number of nitrogens with one attached hydrogen (secondary N) is 1. The normalized spacial score (nSPS) is 13.5. The largest absolute Gasteiger partial charge is 0.411 e. The van der Waals surface area contributed by atoms with Crippen LogP contribution < -0.4 is 5.32 Å². The molecule has 1 heterocycles. The number of aromatic nitrogens is 2. The first kappa shape index (κ1) is 20.9. The van der Waals surface area contributed by atoms with Crippen LogP contribution in [-0.4, -0.2) is 34.6 Å². The van der Waals surface area contributed by atoms with Crippen molar-refractivity contribution in [1.82, 2.24) is 9.78 Å². The Balaban J connectivity index is 2.28. The molecule has 1 N–H and O–H groups in total. The first-order chi connectivity index (χ1) is 12.4. The van der Waals surface area contributed by atoms with Crippen LogP contribution in [0.25, 0.3) is 5.69 Å². The standard InChI is InChI=1S/C18H21F4N3O2/c1-11(27-10-18(20,21)22)16(26)23-15-9-14(17(2,3)4)24-25(15)13-7-5-12(19)6-8-13/h5-9,11H,10H2,1-4H3,(H,23,26). The molecule has 2 aromatic rings. The number of carbonyl (C=O) groups excluding carboxylic acids is 1. The Morgan fingerprint density at radius 2 is 1.81 bits per heavy atom. The van der Waals surface area contributed by atoms with Crippen LogP contribution in [-0.2, 0) is 14.9 Å². The summed E-state index contributed by atoms with van der Waals surface area (Å²) in [6.07, 6.45) is -5.84. The number of carbonyl (C=O) groups is 1. The number of alkyl halides is 3. The van der Waals surface area contributed by atoms with Crippen molar-refractivity contribution in [2.24, 2.45) is 0 Å². The van der Waals surface area contributed by atoms with Crippen molar-refractivity contribution in [2.75, 3.05) is 11.9 Å². The predicted molar refractivity (Wildman–Crippen MR) is 92.3 cm³/mol. The average Bonchev–Trinajstić information content (AvgIpc) is 2.96. The molecule has 5 nitrogen and oxygen atoms in total. The molecule has 1 aromatic carbocycles. The average molecular weight is 387 g/mol. The second-order valence-corrected chi connectivity index (χ2v) is 7.11. The topological polar surface area (TPSA) is 56.1 Å². The van der Waals surface area contributed by atoms with E-state index in [4.69, 9.17) is 0 Å². The van der Waals surface area contributed by atoms with Crippen molar-refractivity contribution in [1.29, 1.82) is 0 Å². The summed E-state index contributed by atoms with van der Waals surface area (Å²) in [5, 5.41) is 6.97. The highest BCUT2D eigenvalue weighted by Crippen LogP contribution is 2.26. The van der Waals surface area contributed by atoms with Crippen LogP contribution in [0.4, 0.5) is 23.4 Å². The summed E-state index contributed by atoms with van der Waals surface area (Å²) in [5.41, 5.74) is 0.792. The van der Waals surface area contributed by atoms with Crippen molar-refractivity contribution in [3.05, 3.63) is 41.8 Å². The Labute approximate surface area is 154 Å². The monoisotopic (exact) mass is 387 g/mol. The van der Waals surface area contributed by atoms with Crippen molar-refractivity contribution < 1.29 is 27.1 Å². The number of anilines is 1. The molecule has 2 rings (SSSR count). The maximum absolute atomic E-state index is 13.2. The second-order valence-electron chi connectivity index (χ2n) is 7.11. The lowest BCUT2D eigenvalue weighted by Gasteiger charge is -2.15. The number of amides is 1. The molecule has 0 fully saturated rings. The Bertz CT molecular complexity index is 792. The Morgan fingerprint density at radius 1 is 1.22 bits per heavy atom. The fourth-order valence-corrected chi connectivity index (χ4v) is 2.14. The van der Waals surface area contributed by atoms with Gasteiger partial charge in [-0.3, -0.25) is 4.79 Å². The molecular formula is C18H21F4N3O2. The van der Waals surface area contributed by atoms with Gasteiger partial charge < -0.3 is 10.1 Å². The third kappa shape index (κ3) is 5.78. The minimum Gasteiger partial charge on any atom is -0.359 e. The van der Waals surface area contributed by atoms with Crippen molar-refractivity contribution >= 4 is 11.7 Å². The highest BCUT2D eigenvalue weighted by Gasteiger charge is 2.30. The van der Waals surface area contributed by atoms with Crippen LogP contribution in [0.5, 0.6) is 0 Å². The van der Waals surface area contributed by atoms with E-state index < -0.39 is 30.6 Å². The van der Waals surface area contributed by atoms with Gasteiger partial charge in [-0.05, 0) is 31.2 Å². The smallest absolute Gasteiger partial charge is 0.359 e. The van der Waals surface area contributed by atoms with E-state index in [1.54, 1.807) is 6.07 Å². The summed E-state index contributed by atoms with van der Waals surface area (Å²) in [6, 6.07) is 7.07. The molecule has 1 aromatic heterocycles. The summed E-state index contributed by atoms with van der Waals surface area (Å²) >= 11 is 0. The molecular weight excluding hydrogens is 366 g/mol. The first-order valence-electron chi connectivity index (χ1n) is 8.22. The van der Waals surface area contributed by atoms with Gasteiger partial charge in [0, 0.05) is 11.5 Å². The van der Waals surface area contributed by atoms with Crippen LogP contribution in [0.1, 0.15) is 33.4 Å². The van der Waals surface area contributed by atoms with Crippen LogP contribution >= 0.6 is 0 Å². The maximum atomic E-state index is 13.2. The molecule has 0 bridgehead atoms. The zero-order valence-electron chi connectivity index (χ0n) is 15.4. The lowest BCUT2D eigenvalue weighted by Crippen LogP contribution is -2.32. The fraction of sp³-hybridized carbons (Fsp3) is 0.444. The lowest BCUT2D eigenvalue weighted by atomic mass is 9.92.